The highest BCUT2D eigenvalue weighted by Crippen LogP contribution is 2.08. The molecule has 0 spiro atoms. The van der Waals surface area contributed by atoms with Gasteiger partial charge in [0, 0.05) is 6.42 Å². The maximum atomic E-state index is 10.3. The van der Waals surface area contributed by atoms with Gasteiger partial charge in [-0.15, -0.1) is 0 Å². The van der Waals surface area contributed by atoms with Gasteiger partial charge >= 0.3 is 5.97 Å². The summed E-state index contributed by atoms with van der Waals surface area (Å²) in [6.45, 7) is 0. The summed E-state index contributed by atoms with van der Waals surface area (Å²) in [5.74, 6) is -0.753. The Morgan fingerprint density at radius 1 is 1.21 bits per heavy atom. The summed E-state index contributed by atoms with van der Waals surface area (Å²) in [6.07, 6.45) is 7.48. The van der Waals surface area contributed by atoms with Crippen LogP contribution in [0.3, 0.4) is 0 Å². The molecule has 2 N–H and O–H groups in total. The van der Waals surface area contributed by atoms with Crippen molar-refractivity contribution in [1.82, 2.24) is 0 Å². The molecule has 1 rings (SSSR count). The SMILES string of the molecule is O=C(O)CCCC=CCC(O)CCc1ccccc1. The summed E-state index contributed by atoms with van der Waals surface area (Å²) in [7, 11) is 0. The van der Waals surface area contributed by atoms with E-state index in [1.165, 1.54) is 5.56 Å². The van der Waals surface area contributed by atoms with Crippen molar-refractivity contribution in [1.29, 1.82) is 0 Å². The Hall–Kier alpha value is -1.61. The van der Waals surface area contributed by atoms with E-state index < -0.39 is 5.97 Å². The summed E-state index contributed by atoms with van der Waals surface area (Å²) in [6, 6.07) is 10.1. The van der Waals surface area contributed by atoms with Gasteiger partial charge in [-0.3, -0.25) is 4.79 Å². The molecule has 0 saturated heterocycles. The highest BCUT2D eigenvalue weighted by molar-refractivity contribution is 5.66. The maximum Gasteiger partial charge on any atom is 0.303 e. The molecule has 1 atom stereocenters. The third-order valence-corrected chi connectivity index (χ3v) is 2.95. The molecule has 0 bridgehead atoms. The largest absolute Gasteiger partial charge is 0.481 e. The molecule has 0 fully saturated rings. The van der Waals surface area contributed by atoms with E-state index in [0.29, 0.717) is 12.8 Å². The second kappa shape index (κ2) is 9.34. The van der Waals surface area contributed by atoms with Gasteiger partial charge in [-0.2, -0.15) is 0 Å². The molecule has 104 valence electrons. The third-order valence-electron chi connectivity index (χ3n) is 2.95. The van der Waals surface area contributed by atoms with Crippen LogP contribution in [0.1, 0.15) is 37.7 Å². The second-order valence-corrected chi connectivity index (χ2v) is 4.67. The fraction of sp³-hybridized carbons (Fsp3) is 0.438. The summed E-state index contributed by atoms with van der Waals surface area (Å²) in [5, 5.41) is 18.3. The summed E-state index contributed by atoms with van der Waals surface area (Å²) < 4.78 is 0. The predicted molar refractivity (Wildman–Crippen MR) is 76.0 cm³/mol. The third kappa shape index (κ3) is 8.16. The van der Waals surface area contributed by atoms with Crippen LogP contribution in [-0.4, -0.2) is 22.3 Å². The van der Waals surface area contributed by atoms with Gasteiger partial charge in [0.25, 0.3) is 0 Å². The minimum Gasteiger partial charge on any atom is -0.481 e. The van der Waals surface area contributed by atoms with Gasteiger partial charge in [-0.1, -0.05) is 42.5 Å². The Morgan fingerprint density at radius 2 is 1.95 bits per heavy atom. The standard InChI is InChI=1S/C16H22O3/c17-15(10-6-1-2-7-11-16(18)19)13-12-14-8-4-3-5-9-14/h1,3-6,8-9,15,17H,2,7,10-13H2,(H,18,19). The number of benzene rings is 1. The Labute approximate surface area is 114 Å². The zero-order chi connectivity index (χ0) is 13.9. The number of rotatable bonds is 9. The van der Waals surface area contributed by atoms with Gasteiger partial charge in [0.15, 0.2) is 0 Å². The number of allylic oxidation sites excluding steroid dienone is 1. The van der Waals surface area contributed by atoms with E-state index in [4.69, 9.17) is 5.11 Å². The minimum absolute atomic E-state index is 0.209. The van der Waals surface area contributed by atoms with Crippen LogP contribution in [-0.2, 0) is 11.2 Å². The van der Waals surface area contributed by atoms with Crippen molar-refractivity contribution in [2.24, 2.45) is 0 Å². The van der Waals surface area contributed by atoms with E-state index in [1.54, 1.807) is 0 Å². The summed E-state index contributed by atoms with van der Waals surface area (Å²) >= 11 is 0. The van der Waals surface area contributed by atoms with Crippen LogP contribution in [0.15, 0.2) is 42.5 Å². The second-order valence-electron chi connectivity index (χ2n) is 4.67. The molecule has 1 aromatic rings. The number of hydrogen-bond donors (Lipinski definition) is 2. The molecular formula is C16H22O3. The van der Waals surface area contributed by atoms with Gasteiger partial charge in [0.2, 0.25) is 0 Å². The highest BCUT2D eigenvalue weighted by atomic mass is 16.4. The Kier molecular flexibility index (Phi) is 7.59. The first-order valence-corrected chi connectivity index (χ1v) is 6.77. The zero-order valence-corrected chi connectivity index (χ0v) is 11.2. The predicted octanol–water partition coefficient (Wildman–Crippen LogP) is 3.18. The van der Waals surface area contributed by atoms with Crippen LogP contribution >= 0.6 is 0 Å². The van der Waals surface area contributed by atoms with Gasteiger partial charge in [0.05, 0.1) is 6.10 Å². The Bertz CT molecular complexity index is 384. The molecule has 3 heteroatoms. The van der Waals surface area contributed by atoms with Crippen molar-refractivity contribution in [2.75, 3.05) is 0 Å². The van der Waals surface area contributed by atoms with Crippen LogP contribution < -0.4 is 0 Å². The fourth-order valence-electron chi connectivity index (χ4n) is 1.84. The smallest absolute Gasteiger partial charge is 0.303 e. The average Bonchev–Trinajstić information content (AvgIpc) is 2.41. The van der Waals surface area contributed by atoms with Crippen LogP contribution in [0.5, 0.6) is 0 Å². The van der Waals surface area contributed by atoms with E-state index in [-0.39, 0.29) is 12.5 Å². The minimum atomic E-state index is -0.753. The molecular weight excluding hydrogens is 240 g/mol. The number of carbonyl (C=O) groups is 1. The average molecular weight is 262 g/mol. The number of aliphatic carboxylic acids is 1. The number of aryl methyl sites for hydroxylation is 1. The van der Waals surface area contributed by atoms with E-state index in [9.17, 15) is 9.90 Å². The molecule has 0 saturated carbocycles. The number of aliphatic hydroxyl groups excluding tert-OH is 1. The summed E-state index contributed by atoms with van der Waals surface area (Å²) in [4.78, 5) is 10.3. The zero-order valence-electron chi connectivity index (χ0n) is 11.2. The molecule has 0 heterocycles. The normalized spacial score (nSPS) is 12.7. The molecule has 1 unspecified atom stereocenters. The molecule has 19 heavy (non-hydrogen) atoms. The van der Waals surface area contributed by atoms with E-state index in [1.807, 2.05) is 30.4 Å². The molecule has 0 amide bonds. The van der Waals surface area contributed by atoms with E-state index in [2.05, 4.69) is 12.1 Å². The van der Waals surface area contributed by atoms with Crippen molar-refractivity contribution in [3.05, 3.63) is 48.0 Å². The highest BCUT2D eigenvalue weighted by Gasteiger charge is 2.02. The number of unbranched alkanes of at least 4 members (excludes halogenated alkanes) is 1. The molecule has 0 radical (unpaired) electrons. The van der Waals surface area contributed by atoms with Crippen molar-refractivity contribution >= 4 is 5.97 Å². The number of carboxylic acids is 1. The quantitative estimate of drug-likeness (QED) is 0.531. The molecule has 0 aliphatic heterocycles. The lowest BCUT2D eigenvalue weighted by molar-refractivity contribution is -0.137. The maximum absolute atomic E-state index is 10.3. The van der Waals surface area contributed by atoms with Crippen LogP contribution in [0.4, 0.5) is 0 Å². The van der Waals surface area contributed by atoms with E-state index >= 15 is 0 Å². The van der Waals surface area contributed by atoms with Crippen LogP contribution in [0.25, 0.3) is 0 Å². The van der Waals surface area contributed by atoms with Gasteiger partial charge in [0.1, 0.15) is 0 Å². The lowest BCUT2D eigenvalue weighted by Crippen LogP contribution is -2.06. The molecule has 3 nitrogen and oxygen atoms in total. The monoisotopic (exact) mass is 262 g/mol. The molecule has 0 aliphatic carbocycles. The van der Waals surface area contributed by atoms with Gasteiger partial charge < -0.3 is 10.2 Å². The lowest BCUT2D eigenvalue weighted by Gasteiger charge is -2.07. The first-order valence-electron chi connectivity index (χ1n) is 6.77. The van der Waals surface area contributed by atoms with Crippen LogP contribution in [0, 0.1) is 0 Å². The first-order chi connectivity index (χ1) is 9.18. The van der Waals surface area contributed by atoms with Crippen molar-refractivity contribution < 1.29 is 15.0 Å². The summed E-state index contributed by atoms with van der Waals surface area (Å²) in [5.41, 5.74) is 1.24. The number of aliphatic hydroxyl groups is 1. The number of carboxylic acid groups (broad SMARTS) is 1. The molecule has 0 aromatic heterocycles. The topological polar surface area (TPSA) is 57.5 Å². The van der Waals surface area contributed by atoms with Crippen molar-refractivity contribution in [3.8, 4) is 0 Å². The molecule has 1 aromatic carbocycles. The van der Waals surface area contributed by atoms with Gasteiger partial charge in [-0.25, -0.2) is 0 Å². The Morgan fingerprint density at radius 3 is 2.63 bits per heavy atom. The lowest BCUT2D eigenvalue weighted by atomic mass is 10.0. The van der Waals surface area contributed by atoms with Crippen LogP contribution in [0.2, 0.25) is 0 Å². The first kappa shape index (κ1) is 15.4. The van der Waals surface area contributed by atoms with Crippen molar-refractivity contribution in [3.63, 3.8) is 0 Å². The number of hydrogen-bond acceptors (Lipinski definition) is 2. The molecule has 0 aliphatic rings. The Balaban J connectivity index is 2.09. The van der Waals surface area contributed by atoms with Crippen molar-refractivity contribution in [2.45, 2.75) is 44.6 Å². The fourth-order valence-corrected chi connectivity index (χ4v) is 1.84. The van der Waals surface area contributed by atoms with E-state index in [0.717, 1.165) is 19.3 Å². The van der Waals surface area contributed by atoms with Gasteiger partial charge in [-0.05, 0) is 37.7 Å².